The Morgan fingerprint density at radius 2 is 1.72 bits per heavy atom. The Bertz CT molecular complexity index is 1050. The molecule has 1 saturated heterocycles. The van der Waals surface area contributed by atoms with Gasteiger partial charge in [0.25, 0.3) is 0 Å². The monoisotopic (exact) mass is 415 g/mol. The summed E-state index contributed by atoms with van der Waals surface area (Å²) in [5, 5.41) is 4.07. The van der Waals surface area contributed by atoms with Crippen LogP contribution in [0.25, 0.3) is 5.82 Å². The molecule has 11 heteroatoms. The highest BCUT2D eigenvalue weighted by Gasteiger charge is 2.29. The Balaban J connectivity index is 1.44. The Morgan fingerprint density at radius 3 is 2.38 bits per heavy atom. The van der Waals surface area contributed by atoms with Crippen LogP contribution in [0.15, 0.2) is 54.2 Å². The average molecular weight is 415 g/mol. The lowest BCUT2D eigenvalue weighted by Gasteiger charge is -2.34. The minimum Gasteiger partial charge on any atom is -0.494 e. The molecule has 10 nitrogen and oxygen atoms in total. The van der Waals surface area contributed by atoms with E-state index >= 15 is 0 Å². The van der Waals surface area contributed by atoms with Gasteiger partial charge in [-0.2, -0.15) is 9.40 Å². The zero-order chi connectivity index (χ0) is 20.3. The van der Waals surface area contributed by atoms with Crippen molar-refractivity contribution in [2.45, 2.75) is 11.8 Å². The number of benzene rings is 1. The first-order chi connectivity index (χ1) is 14.1. The summed E-state index contributed by atoms with van der Waals surface area (Å²) in [6.45, 7) is 4.23. The number of anilines is 1. The van der Waals surface area contributed by atoms with Gasteiger partial charge in [0.1, 0.15) is 30.5 Å². The number of rotatable bonds is 6. The SMILES string of the molecule is CCOc1ccc(S(=O)(=O)N2CCN(c3cc(-n4cncn4)ncn3)CC2)cc1. The summed E-state index contributed by atoms with van der Waals surface area (Å²) in [6.07, 6.45) is 4.47. The molecule has 4 rings (SSSR count). The van der Waals surface area contributed by atoms with E-state index in [0.29, 0.717) is 44.4 Å². The molecule has 152 valence electrons. The number of hydrogen-bond acceptors (Lipinski definition) is 8. The molecule has 0 atom stereocenters. The van der Waals surface area contributed by atoms with Gasteiger partial charge in [0.15, 0.2) is 5.82 Å². The lowest BCUT2D eigenvalue weighted by molar-refractivity contribution is 0.340. The number of hydrogen-bond donors (Lipinski definition) is 0. The molecule has 0 aliphatic carbocycles. The van der Waals surface area contributed by atoms with E-state index in [9.17, 15) is 8.42 Å². The molecule has 2 aromatic heterocycles. The van der Waals surface area contributed by atoms with Crippen LogP contribution in [0.2, 0.25) is 0 Å². The van der Waals surface area contributed by atoms with Crippen LogP contribution in [0.3, 0.4) is 0 Å². The van der Waals surface area contributed by atoms with Crippen molar-refractivity contribution in [1.29, 1.82) is 0 Å². The number of piperazine rings is 1. The zero-order valence-corrected chi connectivity index (χ0v) is 16.7. The van der Waals surface area contributed by atoms with Gasteiger partial charge in [0, 0.05) is 32.2 Å². The standard InChI is InChI=1S/C18H21N7O3S/c1-2-28-15-3-5-16(6-4-15)29(26,27)24-9-7-23(8-10-24)17-11-18(21-13-20-17)25-14-19-12-22-25/h3-6,11-14H,2,7-10H2,1H3. The van der Waals surface area contributed by atoms with Gasteiger partial charge in [-0.1, -0.05) is 0 Å². The lowest BCUT2D eigenvalue weighted by atomic mass is 10.3. The Kier molecular flexibility index (Phi) is 5.41. The Labute approximate surface area is 168 Å². The third-order valence-electron chi connectivity index (χ3n) is 4.63. The van der Waals surface area contributed by atoms with E-state index in [2.05, 4.69) is 20.1 Å². The molecule has 3 aromatic rings. The molecule has 1 aromatic carbocycles. The number of aromatic nitrogens is 5. The largest absolute Gasteiger partial charge is 0.494 e. The summed E-state index contributed by atoms with van der Waals surface area (Å²) in [5.74, 6) is 1.99. The second-order valence-electron chi connectivity index (χ2n) is 6.37. The molecular formula is C18H21N7O3S. The quantitative estimate of drug-likeness (QED) is 0.586. The topological polar surface area (TPSA) is 106 Å². The molecule has 0 N–H and O–H groups in total. The van der Waals surface area contributed by atoms with E-state index in [0.717, 1.165) is 5.82 Å². The van der Waals surface area contributed by atoms with Crippen molar-refractivity contribution in [2.75, 3.05) is 37.7 Å². The van der Waals surface area contributed by atoms with Crippen LogP contribution in [0, 0.1) is 0 Å². The molecule has 1 fully saturated rings. The summed E-state index contributed by atoms with van der Waals surface area (Å²) in [4.78, 5) is 14.7. The molecule has 3 heterocycles. The molecular weight excluding hydrogens is 394 g/mol. The second-order valence-corrected chi connectivity index (χ2v) is 8.31. The fourth-order valence-corrected chi connectivity index (χ4v) is 4.57. The fourth-order valence-electron chi connectivity index (χ4n) is 3.14. The van der Waals surface area contributed by atoms with Gasteiger partial charge in [-0.05, 0) is 31.2 Å². The fraction of sp³-hybridized carbons (Fsp3) is 0.333. The first-order valence-electron chi connectivity index (χ1n) is 9.23. The molecule has 0 saturated carbocycles. The minimum atomic E-state index is -3.55. The van der Waals surface area contributed by atoms with Crippen LogP contribution >= 0.6 is 0 Å². The third kappa shape index (κ3) is 4.05. The van der Waals surface area contributed by atoms with E-state index in [1.807, 2.05) is 17.9 Å². The Hall–Kier alpha value is -3.05. The smallest absolute Gasteiger partial charge is 0.243 e. The lowest BCUT2D eigenvalue weighted by Crippen LogP contribution is -2.48. The zero-order valence-electron chi connectivity index (χ0n) is 15.9. The van der Waals surface area contributed by atoms with Gasteiger partial charge in [-0.25, -0.2) is 28.1 Å². The van der Waals surface area contributed by atoms with Crippen molar-refractivity contribution in [2.24, 2.45) is 0 Å². The van der Waals surface area contributed by atoms with Crippen molar-refractivity contribution in [3.8, 4) is 11.6 Å². The van der Waals surface area contributed by atoms with Crippen LogP contribution in [-0.2, 0) is 10.0 Å². The second kappa shape index (κ2) is 8.13. The van der Waals surface area contributed by atoms with Crippen LogP contribution in [0.5, 0.6) is 5.75 Å². The molecule has 0 amide bonds. The molecule has 0 spiro atoms. The van der Waals surface area contributed by atoms with E-state index in [-0.39, 0.29) is 4.90 Å². The van der Waals surface area contributed by atoms with Crippen LogP contribution in [0.4, 0.5) is 5.82 Å². The van der Waals surface area contributed by atoms with Gasteiger partial charge >= 0.3 is 0 Å². The van der Waals surface area contributed by atoms with Crippen molar-refractivity contribution >= 4 is 15.8 Å². The minimum absolute atomic E-state index is 0.268. The van der Waals surface area contributed by atoms with Gasteiger partial charge in [0.2, 0.25) is 10.0 Å². The van der Waals surface area contributed by atoms with Crippen molar-refractivity contribution in [3.05, 3.63) is 49.3 Å². The van der Waals surface area contributed by atoms with Gasteiger partial charge in [-0.3, -0.25) is 0 Å². The maximum Gasteiger partial charge on any atom is 0.243 e. The highest BCUT2D eigenvalue weighted by Crippen LogP contribution is 2.22. The number of ether oxygens (including phenoxy) is 1. The van der Waals surface area contributed by atoms with Crippen LogP contribution in [0.1, 0.15) is 6.92 Å². The molecule has 0 bridgehead atoms. The maximum absolute atomic E-state index is 12.9. The summed E-state index contributed by atoms with van der Waals surface area (Å²) in [5.41, 5.74) is 0. The molecule has 1 aliphatic heterocycles. The van der Waals surface area contributed by atoms with Gasteiger partial charge in [-0.15, -0.1) is 0 Å². The van der Waals surface area contributed by atoms with E-state index in [4.69, 9.17) is 4.74 Å². The highest BCUT2D eigenvalue weighted by molar-refractivity contribution is 7.89. The van der Waals surface area contributed by atoms with E-state index in [1.54, 1.807) is 35.3 Å². The first kappa shape index (κ1) is 19.3. The van der Waals surface area contributed by atoms with E-state index < -0.39 is 10.0 Å². The third-order valence-corrected chi connectivity index (χ3v) is 6.54. The van der Waals surface area contributed by atoms with Crippen molar-refractivity contribution < 1.29 is 13.2 Å². The first-order valence-corrected chi connectivity index (χ1v) is 10.7. The maximum atomic E-state index is 12.9. The number of nitrogens with zero attached hydrogens (tertiary/aromatic N) is 7. The van der Waals surface area contributed by atoms with Crippen molar-refractivity contribution in [1.82, 2.24) is 29.0 Å². The predicted molar refractivity (Wildman–Crippen MR) is 106 cm³/mol. The molecule has 0 radical (unpaired) electrons. The Morgan fingerprint density at radius 1 is 1.00 bits per heavy atom. The molecule has 29 heavy (non-hydrogen) atoms. The molecule has 0 unspecified atom stereocenters. The van der Waals surface area contributed by atoms with Gasteiger partial charge in [0.05, 0.1) is 11.5 Å². The summed E-state index contributed by atoms with van der Waals surface area (Å²) >= 11 is 0. The predicted octanol–water partition coefficient (Wildman–Crippen LogP) is 0.967. The average Bonchev–Trinajstić information content (AvgIpc) is 3.30. The van der Waals surface area contributed by atoms with Crippen molar-refractivity contribution in [3.63, 3.8) is 0 Å². The van der Waals surface area contributed by atoms with Crippen LogP contribution < -0.4 is 9.64 Å². The molecule has 1 aliphatic rings. The number of sulfonamides is 1. The van der Waals surface area contributed by atoms with Gasteiger partial charge < -0.3 is 9.64 Å². The summed E-state index contributed by atoms with van der Waals surface area (Å²) in [7, 11) is -3.55. The normalized spacial score (nSPS) is 15.4. The highest BCUT2D eigenvalue weighted by atomic mass is 32.2. The van der Waals surface area contributed by atoms with E-state index in [1.165, 1.54) is 17.0 Å². The van der Waals surface area contributed by atoms with Crippen LogP contribution in [-0.4, -0.2) is 70.2 Å². The summed E-state index contributed by atoms with van der Waals surface area (Å²) in [6, 6.07) is 8.34. The summed E-state index contributed by atoms with van der Waals surface area (Å²) < 4.78 is 34.3.